The molecule has 3 atom stereocenters. The van der Waals surface area contributed by atoms with E-state index in [0.717, 1.165) is 42.2 Å². The Balaban J connectivity index is 1.52. The van der Waals surface area contributed by atoms with E-state index in [-0.39, 0.29) is 18.0 Å². The fraction of sp³-hybridized carbons (Fsp3) is 0.433. The number of halogens is 1. The molecule has 0 saturated heterocycles. The van der Waals surface area contributed by atoms with Crippen molar-refractivity contribution in [2.75, 3.05) is 6.54 Å². The van der Waals surface area contributed by atoms with Gasteiger partial charge in [0.05, 0.1) is 12.1 Å². The van der Waals surface area contributed by atoms with E-state index in [1.807, 2.05) is 64.1 Å². The number of benzene rings is 3. The average molecular weight is 478 g/mol. The number of rotatable bonds is 6. The van der Waals surface area contributed by atoms with E-state index < -0.39 is 11.7 Å². The van der Waals surface area contributed by atoms with E-state index >= 15 is 0 Å². The standard InChI is InChI=1S/C30H36FNO3/c1-20(23-15-16-27(31)26-14-8-7-13-25(23)26)32(29(34)35-30(2,3)4)17-9-10-21-18-22-11-5-6-12-24(22)28(33)19-21/h5-8,11-16,20-21,28,33H,9-10,17-19H2,1-4H3/t20-,21-,28?/m1/s1. The van der Waals surface area contributed by atoms with E-state index in [2.05, 4.69) is 6.07 Å². The lowest BCUT2D eigenvalue weighted by Gasteiger charge is -2.33. The molecule has 0 heterocycles. The highest BCUT2D eigenvalue weighted by Gasteiger charge is 2.29. The molecular weight excluding hydrogens is 441 g/mol. The van der Waals surface area contributed by atoms with Crippen LogP contribution in [0, 0.1) is 11.7 Å². The summed E-state index contributed by atoms with van der Waals surface area (Å²) < 4.78 is 20.2. The van der Waals surface area contributed by atoms with Gasteiger partial charge in [0.25, 0.3) is 0 Å². The molecule has 1 unspecified atom stereocenters. The van der Waals surface area contributed by atoms with Crippen LogP contribution in [0.1, 0.15) is 75.8 Å². The van der Waals surface area contributed by atoms with Gasteiger partial charge in [-0.3, -0.25) is 0 Å². The molecule has 1 aliphatic carbocycles. The van der Waals surface area contributed by atoms with Gasteiger partial charge < -0.3 is 14.7 Å². The Morgan fingerprint density at radius 1 is 1.09 bits per heavy atom. The van der Waals surface area contributed by atoms with Crippen molar-refractivity contribution in [2.45, 2.75) is 71.1 Å². The van der Waals surface area contributed by atoms with Gasteiger partial charge >= 0.3 is 6.09 Å². The van der Waals surface area contributed by atoms with Gasteiger partial charge in [0.2, 0.25) is 0 Å². The minimum Gasteiger partial charge on any atom is -0.444 e. The number of fused-ring (bicyclic) bond motifs is 2. The zero-order valence-corrected chi connectivity index (χ0v) is 21.1. The van der Waals surface area contributed by atoms with Crippen molar-refractivity contribution >= 4 is 16.9 Å². The molecule has 3 aromatic rings. The second kappa shape index (κ2) is 10.4. The summed E-state index contributed by atoms with van der Waals surface area (Å²) in [5, 5.41) is 12.0. The minimum absolute atomic E-state index is 0.267. The zero-order chi connectivity index (χ0) is 25.2. The van der Waals surface area contributed by atoms with Gasteiger partial charge in [-0.1, -0.05) is 54.6 Å². The molecule has 0 radical (unpaired) electrons. The second-order valence-electron chi connectivity index (χ2n) is 10.7. The molecule has 1 amide bonds. The molecule has 0 fully saturated rings. The third kappa shape index (κ3) is 5.84. The van der Waals surface area contributed by atoms with Crippen LogP contribution in [0.4, 0.5) is 9.18 Å². The first-order valence-electron chi connectivity index (χ1n) is 12.6. The highest BCUT2D eigenvalue weighted by atomic mass is 19.1. The molecule has 4 nitrogen and oxygen atoms in total. The van der Waals surface area contributed by atoms with E-state index in [9.17, 15) is 14.3 Å². The zero-order valence-electron chi connectivity index (χ0n) is 21.1. The van der Waals surface area contributed by atoms with Crippen molar-refractivity contribution in [3.05, 3.63) is 83.2 Å². The average Bonchev–Trinajstić information content (AvgIpc) is 2.81. The Labute approximate surface area is 207 Å². The molecule has 0 aliphatic heterocycles. The number of hydrogen-bond acceptors (Lipinski definition) is 3. The van der Waals surface area contributed by atoms with Crippen LogP contribution in [0.5, 0.6) is 0 Å². The summed E-state index contributed by atoms with van der Waals surface area (Å²) in [5.74, 6) is 0.0962. The van der Waals surface area contributed by atoms with E-state index in [1.54, 1.807) is 17.0 Å². The van der Waals surface area contributed by atoms with Crippen LogP contribution < -0.4 is 0 Å². The molecule has 1 aliphatic rings. The van der Waals surface area contributed by atoms with Crippen molar-refractivity contribution < 1.29 is 19.0 Å². The van der Waals surface area contributed by atoms with Gasteiger partial charge in [0.15, 0.2) is 0 Å². The Morgan fingerprint density at radius 2 is 1.77 bits per heavy atom. The molecule has 4 rings (SSSR count). The van der Waals surface area contributed by atoms with E-state index in [4.69, 9.17) is 4.74 Å². The van der Waals surface area contributed by atoms with Gasteiger partial charge in [-0.05, 0) is 87.4 Å². The van der Waals surface area contributed by atoms with Crippen LogP contribution in [-0.2, 0) is 11.2 Å². The summed E-state index contributed by atoms with van der Waals surface area (Å²) in [6, 6.07) is 18.4. The Bertz CT molecular complexity index is 1190. The van der Waals surface area contributed by atoms with Crippen molar-refractivity contribution in [1.29, 1.82) is 0 Å². The van der Waals surface area contributed by atoms with Crippen LogP contribution >= 0.6 is 0 Å². The summed E-state index contributed by atoms with van der Waals surface area (Å²) in [6.07, 6.45) is 2.58. The Hall–Kier alpha value is -2.92. The van der Waals surface area contributed by atoms with Gasteiger partial charge in [0.1, 0.15) is 11.4 Å². The van der Waals surface area contributed by atoms with Crippen molar-refractivity contribution in [3.63, 3.8) is 0 Å². The summed E-state index contributed by atoms with van der Waals surface area (Å²) >= 11 is 0. The number of carbonyl (C=O) groups excluding carboxylic acids is 1. The van der Waals surface area contributed by atoms with Crippen LogP contribution in [0.15, 0.2) is 60.7 Å². The minimum atomic E-state index is -0.614. The van der Waals surface area contributed by atoms with Crippen molar-refractivity contribution in [2.24, 2.45) is 5.92 Å². The summed E-state index contributed by atoms with van der Waals surface area (Å²) in [5.41, 5.74) is 2.54. The molecule has 0 aromatic heterocycles. The molecule has 186 valence electrons. The number of ether oxygens (including phenoxy) is 1. The lowest BCUT2D eigenvalue weighted by Crippen LogP contribution is -2.39. The maximum Gasteiger partial charge on any atom is 0.410 e. The monoisotopic (exact) mass is 477 g/mol. The summed E-state index contributed by atoms with van der Waals surface area (Å²) in [6.45, 7) is 8.09. The molecule has 0 spiro atoms. The topological polar surface area (TPSA) is 49.8 Å². The normalized spacial score (nSPS) is 18.7. The van der Waals surface area contributed by atoms with Gasteiger partial charge in [-0.2, -0.15) is 0 Å². The Morgan fingerprint density at radius 3 is 2.51 bits per heavy atom. The lowest BCUT2D eigenvalue weighted by molar-refractivity contribution is 0.0165. The number of amides is 1. The van der Waals surface area contributed by atoms with Crippen LogP contribution in [-0.4, -0.2) is 28.2 Å². The molecule has 1 N–H and O–H groups in total. The predicted octanol–water partition coefficient (Wildman–Crippen LogP) is 7.35. The first-order valence-corrected chi connectivity index (χ1v) is 12.6. The molecule has 0 saturated carbocycles. The molecule has 0 bridgehead atoms. The van der Waals surface area contributed by atoms with Crippen molar-refractivity contribution in [1.82, 2.24) is 4.90 Å². The predicted molar refractivity (Wildman–Crippen MR) is 138 cm³/mol. The highest BCUT2D eigenvalue weighted by molar-refractivity contribution is 5.87. The third-order valence-corrected chi connectivity index (χ3v) is 6.94. The van der Waals surface area contributed by atoms with Crippen LogP contribution in [0.2, 0.25) is 0 Å². The number of hydrogen-bond donors (Lipinski definition) is 1. The highest BCUT2D eigenvalue weighted by Crippen LogP contribution is 2.36. The van der Waals surface area contributed by atoms with E-state index in [0.29, 0.717) is 17.8 Å². The SMILES string of the molecule is C[C@H](c1ccc(F)c2ccccc12)N(CCC[C@@H]1Cc2ccccc2C(O)C1)C(=O)OC(C)(C)C. The van der Waals surface area contributed by atoms with Gasteiger partial charge in [-0.25, -0.2) is 9.18 Å². The molecular formula is C30H36FNO3. The number of carbonyl (C=O) groups is 1. The summed E-state index contributed by atoms with van der Waals surface area (Å²) in [7, 11) is 0. The number of aliphatic hydroxyl groups is 1. The van der Waals surface area contributed by atoms with Crippen molar-refractivity contribution in [3.8, 4) is 0 Å². The Kier molecular flexibility index (Phi) is 7.46. The lowest BCUT2D eigenvalue weighted by atomic mass is 9.80. The van der Waals surface area contributed by atoms with Crippen LogP contribution in [0.25, 0.3) is 10.8 Å². The largest absolute Gasteiger partial charge is 0.444 e. The first kappa shape index (κ1) is 25.2. The third-order valence-electron chi connectivity index (χ3n) is 6.94. The summed E-state index contributed by atoms with van der Waals surface area (Å²) in [4.78, 5) is 15.0. The fourth-order valence-electron chi connectivity index (χ4n) is 5.23. The van der Waals surface area contributed by atoms with Gasteiger partial charge in [-0.15, -0.1) is 0 Å². The van der Waals surface area contributed by atoms with Gasteiger partial charge in [0, 0.05) is 11.9 Å². The fourth-order valence-corrected chi connectivity index (χ4v) is 5.23. The number of nitrogens with zero attached hydrogens (tertiary/aromatic N) is 1. The maximum absolute atomic E-state index is 14.4. The number of aliphatic hydroxyl groups excluding tert-OH is 1. The van der Waals surface area contributed by atoms with Crippen LogP contribution in [0.3, 0.4) is 0 Å². The molecule has 35 heavy (non-hydrogen) atoms. The quantitative estimate of drug-likeness (QED) is 0.404. The smallest absolute Gasteiger partial charge is 0.410 e. The molecule has 3 aromatic carbocycles. The van der Waals surface area contributed by atoms with E-state index in [1.165, 1.54) is 11.6 Å². The molecule has 5 heteroatoms. The maximum atomic E-state index is 14.4. The second-order valence-corrected chi connectivity index (χ2v) is 10.7. The first-order chi connectivity index (χ1) is 16.6.